The van der Waals surface area contributed by atoms with Crippen LogP contribution in [0.15, 0.2) is 17.5 Å². The molecule has 4 heterocycles. The number of aromatic nitrogens is 2. The second kappa shape index (κ2) is 6.74. The molecule has 126 valence electrons. The zero-order valence-electron chi connectivity index (χ0n) is 13.1. The molecule has 0 spiro atoms. The number of fused-ring (bicyclic) bond motifs is 1. The van der Waals surface area contributed by atoms with Crippen LogP contribution in [0.25, 0.3) is 10.6 Å². The first-order valence-corrected chi connectivity index (χ1v) is 8.92. The molecule has 0 saturated carbocycles. The van der Waals surface area contributed by atoms with Crippen LogP contribution in [0.4, 0.5) is 0 Å². The standard InChI is InChI=1S/C16H18N4O3S/c21-16(18-10-3-5-17-6-4-10)12-2-1-11(19-20-12)15-14-13(9-24-15)22-7-8-23-14/h1-2,9-10,17H,3-8H2,(H,18,21). The number of carbonyl (C=O) groups excluding carboxylic acids is 1. The molecule has 7 nitrogen and oxygen atoms in total. The van der Waals surface area contributed by atoms with E-state index in [1.54, 1.807) is 12.1 Å². The number of amides is 1. The summed E-state index contributed by atoms with van der Waals surface area (Å²) in [5, 5.41) is 16.5. The average Bonchev–Trinajstić information content (AvgIpc) is 3.07. The molecule has 2 aromatic rings. The summed E-state index contributed by atoms with van der Waals surface area (Å²) in [7, 11) is 0. The van der Waals surface area contributed by atoms with E-state index in [2.05, 4.69) is 20.8 Å². The van der Waals surface area contributed by atoms with Crippen LogP contribution in [0.1, 0.15) is 23.3 Å². The van der Waals surface area contributed by atoms with Crippen molar-refractivity contribution < 1.29 is 14.3 Å². The third-order valence-electron chi connectivity index (χ3n) is 4.11. The van der Waals surface area contributed by atoms with E-state index in [0.717, 1.165) is 36.6 Å². The van der Waals surface area contributed by atoms with Gasteiger partial charge in [0, 0.05) is 11.4 Å². The van der Waals surface area contributed by atoms with E-state index < -0.39 is 0 Å². The molecule has 24 heavy (non-hydrogen) atoms. The molecule has 0 unspecified atom stereocenters. The van der Waals surface area contributed by atoms with E-state index in [9.17, 15) is 4.79 Å². The van der Waals surface area contributed by atoms with Crippen molar-refractivity contribution >= 4 is 17.2 Å². The summed E-state index contributed by atoms with van der Waals surface area (Å²) in [5.74, 6) is 1.29. The number of thiophene rings is 1. The maximum atomic E-state index is 12.3. The first-order chi connectivity index (χ1) is 11.8. The molecule has 0 radical (unpaired) electrons. The van der Waals surface area contributed by atoms with Crippen LogP contribution in [0, 0.1) is 0 Å². The summed E-state index contributed by atoms with van der Waals surface area (Å²) in [6.07, 6.45) is 1.88. The van der Waals surface area contributed by atoms with Gasteiger partial charge in [-0.2, -0.15) is 0 Å². The highest BCUT2D eigenvalue weighted by Gasteiger charge is 2.22. The number of hydrogen-bond acceptors (Lipinski definition) is 7. The molecule has 2 aliphatic rings. The van der Waals surface area contributed by atoms with E-state index in [1.165, 1.54) is 11.3 Å². The lowest BCUT2D eigenvalue weighted by Gasteiger charge is -2.23. The Morgan fingerprint density at radius 3 is 2.83 bits per heavy atom. The maximum absolute atomic E-state index is 12.3. The van der Waals surface area contributed by atoms with Crippen LogP contribution in [-0.2, 0) is 0 Å². The Labute approximate surface area is 143 Å². The van der Waals surface area contributed by atoms with Crippen LogP contribution in [-0.4, -0.2) is 48.4 Å². The lowest BCUT2D eigenvalue weighted by molar-refractivity contribution is 0.0923. The van der Waals surface area contributed by atoms with Gasteiger partial charge in [-0.05, 0) is 38.1 Å². The molecule has 2 N–H and O–H groups in total. The molecule has 0 bridgehead atoms. The number of piperidine rings is 1. The van der Waals surface area contributed by atoms with E-state index in [0.29, 0.717) is 30.4 Å². The van der Waals surface area contributed by atoms with E-state index >= 15 is 0 Å². The van der Waals surface area contributed by atoms with Crippen molar-refractivity contribution in [1.29, 1.82) is 0 Å². The van der Waals surface area contributed by atoms with Gasteiger partial charge >= 0.3 is 0 Å². The van der Waals surface area contributed by atoms with Gasteiger partial charge in [-0.3, -0.25) is 4.79 Å². The Morgan fingerprint density at radius 2 is 2.04 bits per heavy atom. The van der Waals surface area contributed by atoms with Gasteiger partial charge in [0.25, 0.3) is 5.91 Å². The van der Waals surface area contributed by atoms with Gasteiger partial charge < -0.3 is 20.1 Å². The number of rotatable bonds is 3. The molecule has 0 atom stereocenters. The smallest absolute Gasteiger partial charge is 0.272 e. The minimum atomic E-state index is -0.172. The number of carbonyl (C=O) groups is 1. The van der Waals surface area contributed by atoms with Crippen LogP contribution in [0.2, 0.25) is 0 Å². The zero-order chi connectivity index (χ0) is 16.4. The number of nitrogens with zero attached hydrogens (tertiary/aromatic N) is 2. The lowest BCUT2D eigenvalue weighted by Crippen LogP contribution is -2.42. The van der Waals surface area contributed by atoms with Gasteiger partial charge in [0.15, 0.2) is 17.2 Å². The number of ether oxygens (including phenoxy) is 2. The molecule has 2 aromatic heterocycles. The van der Waals surface area contributed by atoms with Crippen molar-refractivity contribution in [2.45, 2.75) is 18.9 Å². The topological polar surface area (TPSA) is 85.4 Å². The van der Waals surface area contributed by atoms with Crippen LogP contribution >= 0.6 is 11.3 Å². The summed E-state index contributed by atoms with van der Waals surface area (Å²) >= 11 is 1.50. The normalized spacial score (nSPS) is 17.5. The van der Waals surface area contributed by atoms with Gasteiger partial charge in [-0.1, -0.05) is 0 Å². The van der Waals surface area contributed by atoms with Crippen molar-refractivity contribution in [2.75, 3.05) is 26.3 Å². The van der Waals surface area contributed by atoms with E-state index in [1.807, 2.05) is 5.38 Å². The third-order valence-corrected chi connectivity index (χ3v) is 5.07. The Hall–Kier alpha value is -2.19. The number of hydrogen-bond donors (Lipinski definition) is 2. The summed E-state index contributed by atoms with van der Waals surface area (Å²) in [6, 6.07) is 3.71. The highest BCUT2D eigenvalue weighted by Crippen LogP contribution is 2.44. The molecule has 0 aliphatic carbocycles. The Balaban J connectivity index is 1.48. The predicted molar refractivity (Wildman–Crippen MR) is 89.7 cm³/mol. The average molecular weight is 346 g/mol. The molecule has 2 aliphatic heterocycles. The minimum Gasteiger partial charge on any atom is -0.485 e. The van der Waals surface area contributed by atoms with Gasteiger partial charge in [0.05, 0.1) is 0 Å². The lowest BCUT2D eigenvalue weighted by atomic mass is 10.1. The monoisotopic (exact) mass is 346 g/mol. The first kappa shape index (κ1) is 15.3. The summed E-state index contributed by atoms with van der Waals surface area (Å²) in [5.41, 5.74) is 1.02. The summed E-state index contributed by atoms with van der Waals surface area (Å²) in [4.78, 5) is 13.1. The van der Waals surface area contributed by atoms with Crippen LogP contribution in [0.3, 0.4) is 0 Å². The highest BCUT2D eigenvalue weighted by atomic mass is 32.1. The van der Waals surface area contributed by atoms with Crippen molar-refractivity contribution in [3.63, 3.8) is 0 Å². The van der Waals surface area contributed by atoms with Crippen molar-refractivity contribution in [1.82, 2.24) is 20.8 Å². The molecular formula is C16H18N4O3S. The molecule has 8 heteroatoms. The van der Waals surface area contributed by atoms with Gasteiger partial charge in [0.1, 0.15) is 23.8 Å². The van der Waals surface area contributed by atoms with Gasteiger partial charge in [-0.25, -0.2) is 0 Å². The quantitative estimate of drug-likeness (QED) is 0.875. The van der Waals surface area contributed by atoms with Crippen molar-refractivity contribution in [2.24, 2.45) is 0 Å². The fourth-order valence-electron chi connectivity index (χ4n) is 2.84. The molecule has 1 amide bonds. The highest BCUT2D eigenvalue weighted by molar-refractivity contribution is 7.14. The molecule has 0 aromatic carbocycles. The predicted octanol–water partition coefficient (Wildman–Crippen LogP) is 1.46. The molecular weight excluding hydrogens is 328 g/mol. The van der Waals surface area contributed by atoms with E-state index in [4.69, 9.17) is 9.47 Å². The summed E-state index contributed by atoms with van der Waals surface area (Å²) in [6.45, 7) is 2.95. The molecule has 4 rings (SSSR count). The van der Waals surface area contributed by atoms with Crippen molar-refractivity contribution in [3.8, 4) is 22.1 Å². The first-order valence-electron chi connectivity index (χ1n) is 8.04. The Bertz CT molecular complexity index is 725. The largest absolute Gasteiger partial charge is 0.485 e. The van der Waals surface area contributed by atoms with E-state index in [-0.39, 0.29) is 11.9 Å². The van der Waals surface area contributed by atoms with Gasteiger partial charge in [0.2, 0.25) is 0 Å². The second-order valence-corrected chi connectivity index (χ2v) is 6.64. The molecule has 1 saturated heterocycles. The van der Waals surface area contributed by atoms with Crippen LogP contribution < -0.4 is 20.1 Å². The van der Waals surface area contributed by atoms with Crippen molar-refractivity contribution in [3.05, 3.63) is 23.2 Å². The fourth-order valence-corrected chi connectivity index (χ4v) is 3.74. The Kier molecular flexibility index (Phi) is 4.31. The number of nitrogens with one attached hydrogen (secondary N) is 2. The fraction of sp³-hybridized carbons (Fsp3) is 0.438. The maximum Gasteiger partial charge on any atom is 0.272 e. The van der Waals surface area contributed by atoms with Gasteiger partial charge in [-0.15, -0.1) is 21.5 Å². The third kappa shape index (κ3) is 3.07. The second-order valence-electron chi connectivity index (χ2n) is 5.76. The zero-order valence-corrected chi connectivity index (χ0v) is 13.9. The summed E-state index contributed by atoms with van der Waals surface area (Å²) < 4.78 is 11.2. The minimum absolute atomic E-state index is 0.172. The molecule has 1 fully saturated rings. The SMILES string of the molecule is O=C(NC1CCNCC1)c1ccc(-c2scc3c2OCCO3)nn1. The van der Waals surface area contributed by atoms with Crippen LogP contribution in [0.5, 0.6) is 11.5 Å². The Morgan fingerprint density at radius 1 is 1.21 bits per heavy atom.